The summed E-state index contributed by atoms with van der Waals surface area (Å²) in [7, 11) is -3.11. The largest absolute Gasteiger partial charge is 0.378 e. The summed E-state index contributed by atoms with van der Waals surface area (Å²) in [4.78, 5) is 3.55. The Balaban J connectivity index is 3.44. The molecule has 0 aromatic carbocycles. The predicted octanol–water partition coefficient (Wildman–Crippen LogP) is 0.262. The Morgan fingerprint density at radius 1 is 1.42 bits per heavy atom. The van der Waals surface area contributed by atoms with E-state index >= 15 is 0 Å². The molecule has 0 unspecified atom stereocenters. The van der Waals surface area contributed by atoms with Crippen LogP contribution in [0.2, 0.25) is 0 Å². The van der Waals surface area contributed by atoms with Crippen LogP contribution in [0.1, 0.15) is 0 Å². The Morgan fingerprint density at radius 2 is 2.08 bits per heavy atom. The van der Waals surface area contributed by atoms with E-state index in [1.165, 1.54) is 0 Å². The molecule has 0 aromatic rings. The molecule has 0 N–H and O–H groups in total. The van der Waals surface area contributed by atoms with Crippen molar-refractivity contribution in [3.63, 3.8) is 0 Å². The molecular formula is C7H13NO3S. The number of rotatable bonds is 7. The Bertz CT molecular complexity index is 233. The van der Waals surface area contributed by atoms with Crippen LogP contribution in [0.4, 0.5) is 0 Å². The zero-order valence-electron chi connectivity index (χ0n) is 6.90. The van der Waals surface area contributed by atoms with E-state index in [4.69, 9.17) is 4.74 Å². The van der Waals surface area contributed by atoms with Crippen LogP contribution >= 0.6 is 0 Å². The van der Waals surface area contributed by atoms with E-state index in [1.54, 1.807) is 0 Å². The van der Waals surface area contributed by atoms with Gasteiger partial charge in [0, 0.05) is 5.41 Å². The van der Waals surface area contributed by atoms with Gasteiger partial charge in [0.2, 0.25) is 0 Å². The second-order valence-corrected chi connectivity index (χ2v) is 4.16. The molecule has 0 amide bonds. The van der Waals surface area contributed by atoms with Crippen molar-refractivity contribution in [2.75, 3.05) is 25.5 Å². The lowest BCUT2D eigenvalue weighted by molar-refractivity contribution is 0.157. The normalized spacial score (nSPS) is 11.0. The van der Waals surface area contributed by atoms with Gasteiger partial charge in [-0.25, -0.2) is 8.42 Å². The van der Waals surface area contributed by atoms with Crippen molar-refractivity contribution in [2.24, 2.45) is 4.99 Å². The van der Waals surface area contributed by atoms with Crippen LogP contribution in [0.25, 0.3) is 0 Å². The van der Waals surface area contributed by atoms with Gasteiger partial charge in [0.15, 0.2) is 9.84 Å². The first-order chi connectivity index (χ1) is 5.62. The molecule has 12 heavy (non-hydrogen) atoms. The Labute approximate surface area is 72.9 Å². The summed E-state index contributed by atoms with van der Waals surface area (Å²) in [6, 6.07) is 0. The van der Waals surface area contributed by atoms with Gasteiger partial charge in [-0.05, 0) is 6.72 Å². The molecule has 0 atom stereocenters. The van der Waals surface area contributed by atoms with Crippen molar-refractivity contribution in [1.82, 2.24) is 0 Å². The molecule has 70 valence electrons. The first-order valence-electron chi connectivity index (χ1n) is 3.48. The quantitative estimate of drug-likeness (QED) is 0.428. The summed E-state index contributed by atoms with van der Waals surface area (Å²) < 4.78 is 26.5. The van der Waals surface area contributed by atoms with Crippen LogP contribution in [0.3, 0.4) is 0 Å². The first kappa shape index (κ1) is 11.3. The van der Waals surface area contributed by atoms with Crippen molar-refractivity contribution in [2.45, 2.75) is 0 Å². The molecule has 0 bridgehead atoms. The molecule has 0 rings (SSSR count). The lowest BCUT2D eigenvalue weighted by atomic mass is 10.7. The maximum atomic E-state index is 10.8. The van der Waals surface area contributed by atoms with Gasteiger partial charge in [-0.3, -0.25) is 4.99 Å². The summed E-state index contributed by atoms with van der Waals surface area (Å²) in [5.41, 5.74) is 0. The van der Waals surface area contributed by atoms with Gasteiger partial charge in [0.25, 0.3) is 0 Å². The second kappa shape index (κ2) is 5.91. The summed E-state index contributed by atoms with van der Waals surface area (Å²) >= 11 is 0. The summed E-state index contributed by atoms with van der Waals surface area (Å²) in [5.74, 6) is -0.0202. The van der Waals surface area contributed by atoms with E-state index in [1.807, 2.05) is 0 Å². The van der Waals surface area contributed by atoms with Crippen molar-refractivity contribution < 1.29 is 13.2 Å². The van der Waals surface area contributed by atoms with Crippen LogP contribution in [-0.2, 0) is 14.6 Å². The van der Waals surface area contributed by atoms with Crippen LogP contribution in [0.5, 0.6) is 0 Å². The molecule has 0 aromatic heterocycles. The van der Waals surface area contributed by atoms with Crippen LogP contribution < -0.4 is 0 Å². The average molecular weight is 191 g/mol. The predicted molar refractivity (Wildman–Crippen MR) is 49.2 cm³/mol. The number of hydrogen-bond donors (Lipinski definition) is 0. The van der Waals surface area contributed by atoms with Crippen molar-refractivity contribution in [1.29, 1.82) is 0 Å². The summed E-state index contributed by atoms with van der Waals surface area (Å²) in [5, 5.41) is 0.933. The van der Waals surface area contributed by atoms with Gasteiger partial charge >= 0.3 is 0 Å². The first-order valence-corrected chi connectivity index (χ1v) is 5.19. The third-order valence-corrected chi connectivity index (χ3v) is 2.40. The van der Waals surface area contributed by atoms with Gasteiger partial charge in [0.1, 0.15) is 0 Å². The lowest BCUT2D eigenvalue weighted by Crippen LogP contribution is -2.10. The minimum absolute atomic E-state index is 0.0202. The van der Waals surface area contributed by atoms with Gasteiger partial charge in [-0.15, -0.1) is 0 Å². The number of sulfone groups is 1. The molecule has 0 aliphatic rings. The van der Waals surface area contributed by atoms with E-state index in [9.17, 15) is 8.42 Å². The van der Waals surface area contributed by atoms with Gasteiger partial charge in [-0.2, -0.15) is 0 Å². The minimum Gasteiger partial charge on any atom is -0.378 e. The fourth-order valence-corrected chi connectivity index (χ4v) is 1.01. The average Bonchev–Trinajstić information content (AvgIpc) is 2.04. The smallest absolute Gasteiger partial charge is 0.173 e. The Kier molecular flexibility index (Phi) is 5.57. The van der Waals surface area contributed by atoms with Crippen LogP contribution in [0, 0.1) is 0 Å². The highest BCUT2D eigenvalue weighted by Gasteiger charge is 2.03. The van der Waals surface area contributed by atoms with E-state index < -0.39 is 9.84 Å². The highest BCUT2D eigenvalue weighted by molar-refractivity contribution is 7.94. The van der Waals surface area contributed by atoms with Crippen LogP contribution in [-0.4, -0.2) is 40.6 Å². The van der Waals surface area contributed by atoms with Crippen molar-refractivity contribution >= 4 is 16.6 Å². The Morgan fingerprint density at radius 3 is 2.58 bits per heavy atom. The standard InChI is InChI=1S/C7H13NO3S/c1-3-12(9,10)7-6-11-5-4-8-2/h3H,1-2,4-7H2. The highest BCUT2D eigenvalue weighted by atomic mass is 32.2. The van der Waals surface area contributed by atoms with E-state index in [2.05, 4.69) is 18.3 Å². The molecular weight excluding hydrogens is 178 g/mol. The number of ether oxygens (including phenoxy) is 1. The summed E-state index contributed by atoms with van der Waals surface area (Å²) in [6.45, 7) is 7.53. The Hall–Kier alpha value is -0.680. The second-order valence-electron chi connectivity index (χ2n) is 2.09. The zero-order chi connectivity index (χ0) is 9.45. The molecule has 0 aliphatic carbocycles. The topological polar surface area (TPSA) is 55.7 Å². The van der Waals surface area contributed by atoms with E-state index in [0.29, 0.717) is 13.2 Å². The molecule has 0 radical (unpaired) electrons. The SMILES string of the molecule is C=CS(=O)(=O)CCOCCN=C. The third-order valence-electron chi connectivity index (χ3n) is 1.16. The van der Waals surface area contributed by atoms with E-state index in [0.717, 1.165) is 5.41 Å². The molecule has 0 fully saturated rings. The molecule has 0 spiro atoms. The molecule has 0 saturated carbocycles. The van der Waals surface area contributed by atoms with Gasteiger partial charge < -0.3 is 4.74 Å². The monoisotopic (exact) mass is 191 g/mol. The molecule has 5 heteroatoms. The minimum atomic E-state index is -3.11. The molecule has 0 aliphatic heterocycles. The van der Waals surface area contributed by atoms with Crippen molar-refractivity contribution in [3.05, 3.63) is 12.0 Å². The van der Waals surface area contributed by atoms with Crippen LogP contribution in [0.15, 0.2) is 17.0 Å². The molecule has 4 nitrogen and oxygen atoms in total. The zero-order valence-corrected chi connectivity index (χ0v) is 7.72. The maximum Gasteiger partial charge on any atom is 0.173 e. The lowest BCUT2D eigenvalue weighted by Gasteiger charge is -2.00. The van der Waals surface area contributed by atoms with Gasteiger partial charge in [-0.1, -0.05) is 6.58 Å². The molecule has 0 heterocycles. The number of hydrogen-bond acceptors (Lipinski definition) is 4. The number of nitrogens with zero attached hydrogens (tertiary/aromatic N) is 1. The third kappa shape index (κ3) is 6.06. The highest BCUT2D eigenvalue weighted by Crippen LogP contribution is 1.90. The fourth-order valence-electron chi connectivity index (χ4n) is 0.490. The maximum absolute atomic E-state index is 10.8. The molecule has 0 saturated heterocycles. The summed E-state index contributed by atoms with van der Waals surface area (Å²) in [6.07, 6.45) is 0. The fraction of sp³-hybridized carbons (Fsp3) is 0.571. The van der Waals surface area contributed by atoms with E-state index in [-0.39, 0.29) is 12.4 Å². The van der Waals surface area contributed by atoms with Crippen molar-refractivity contribution in [3.8, 4) is 0 Å². The number of aliphatic imine (C=N–C) groups is 1. The van der Waals surface area contributed by atoms with Gasteiger partial charge in [0.05, 0.1) is 25.5 Å².